The summed E-state index contributed by atoms with van der Waals surface area (Å²) in [6.45, 7) is 2.62. The van der Waals surface area contributed by atoms with Crippen LogP contribution in [0.3, 0.4) is 0 Å². The van der Waals surface area contributed by atoms with E-state index in [1.165, 1.54) is 18.4 Å². The zero-order valence-corrected chi connectivity index (χ0v) is 16.8. The van der Waals surface area contributed by atoms with Crippen LogP contribution in [0.25, 0.3) is 0 Å². The number of carbonyl (C=O) groups excluding carboxylic acids is 1. The summed E-state index contributed by atoms with van der Waals surface area (Å²) in [5, 5.41) is 0. The molecule has 29 heavy (non-hydrogen) atoms. The molecule has 2 aromatic rings. The zero-order chi connectivity index (χ0) is 19.6. The number of hydrogen-bond donors (Lipinski definition) is 2. The summed E-state index contributed by atoms with van der Waals surface area (Å²) >= 11 is 0. The fraction of sp³-hybridized carbons (Fsp3) is 0.522. The third-order valence-electron chi connectivity index (χ3n) is 6.68. The Kier molecular flexibility index (Phi) is 5.29. The van der Waals surface area contributed by atoms with E-state index >= 15 is 0 Å². The molecule has 2 unspecified atom stereocenters. The maximum atomic E-state index is 12.8. The Morgan fingerprint density at radius 1 is 1.03 bits per heavy atom. The van der Waals surface area contributed by atoms with Crippen molar-refractivity contribution in [1.29, 1.82) is 0 Å². The van der Waals surface area contributed by atoms with Gasteiger partial charge in [0.2, 0.25) is 0 Å². The van der Waals surface area contributed by atoms with Crippen LogP contribution in [0.1, 0.15) is 53.3 Å². The molecule has 3 fully saturated rings. The van der Waals surface area contributed by atoms with E-state index in [0.717, 1.165) is 44.7 Å². The molecule has 3 aliphatic rings. The average Bonchev–Trinajstić information content (AvgIpc) is 3.53. The Bertz CT molecular complexity index is 828. The number of likely N-dealkylation sites (tertiary alicyclic amines) is 1. The molecule has 5 rings (SSSR count). The number of hydrogen-bond acceptors (Lipinski definition) is 5. The summed E-state index contributed by atoms with van der Waals surface area (Å²) in [4.78, 5) is 23.6. The number of hydrazine groups is 1. The van der Waals surface area contributed by atoms with Gasteiger partial charge < -0.3 is 4.90 Å². The minimum absolute atomic E-state index is 0.0733. The first kappa shape index (κ1) is 18.7. The van der Waals surface area contributed by atoms with E-state index in [-0.39, 0.29) is 5.91 Å². The van der Waals surface area contributed by atoms with Gasteiger partial charge in [-0.25, -0.2) is 9.97 Å². The Morgan fingerprint density at radius 3 is 2.45 bits per heavy atom. The Labute approximate surface area is 172 Å². The highest BCUT2D eigenvalue weighted by Crippen LogP contribution is 2.37. The minimum Gasteiger partial charge on any atom is -0.339 e. The smallest absolute Gasteiger partial charge is 0.256 e. The summed E-state index contributed by atoms with van der Waals surface area (Å²) < 4.78 is 0. The summed E-state index contributed by atoms with van der Waals surface area (Å²) in [5.41, 5.74) is 8.91. The average molecular weight is 392 g/mol. The van der Waals surface area contributed by atoms with Crippen LogP contribution in [0, 0.1) is 11.8 Å². The molecule has 152 valence electrons. The molecular weight excluding hydrogens is 362 g/mol. The zero-order valence-electron chi connectivity index (χ0n) is 16.8. The van der Waals surface area contributed by atoms with Gasteiger partial charge in [0.05, 0.1) is 5.56 Å². The fourth-order valence-electron chi connectivity index (χ4n) is 4.82. The van der Waals surface area contributed by atoms with Crippen molar-refractivity contribution < 1.29 is 4.79 Å². The molecule has 1 aromatic carbocycles. The molecule has 1 amide bonds. The summed E-state index contributed by atoms with van der Waals surface area (Å²) in [6, 6.07) is 11.2. The van der Waals surface area contributed by atoms with Crippen molar-refractivity contribution in [2.75, 3.05) is 19.6 Å². The van der Waals surface area contributed by atoms with E-state index in [2.05, 4.69) is 51.2 Å². The van der Waals surface area contributed by atoms with Crippen LogP contribution >= 0.6 is 0 Å². The van der Waals surface area contributed by atoms with Crippen molar-refractivity contribution >= 4 is 5.91 Å². The van der Waals surface area contributed by atoms with Gasteiger partial charge in [-0.05, 0) is 49.5 Å². The lowest BCUT2D eigenvalue weighted by Gasteiger charge is -2.36. The van der Waals surface area contributed by atoms with Crippen molar-refractivity contribution in [2.45, 2.75) is 44.1 Å². The molecular formula is C23H29N5O. The molecule has 0 bridgehead atoms. The van der Waals surface area contributed by atoms with Gasteiger partial charge in [-0.1, -0.05) is 30.3 Å². The second kappa shape index (κ2) is 8.20. The summed E-state index contributed by atoms with van der Waals surface area (Å²) in [7, 11) is 0. The van der Waals surface area contributed by atoms with Crippen LogP contribution in [0.2, 0.25) is 0 Å². The van der Waals surface area contributed by atoms with Crippen LogP contribution in [0.5, 0.6) is 0 Å². The molecule has 1 saturated carbocycles. The largest absolute Gasteiger partial charge is 0.339 e. The van der Waals surface area contributed by atoms with Crippen molar-refractivity contribution in [1.82, 2.24) is 25.7 Å². The number of amides is 1. The molecule has 0 radical (unpaired) electrons. The lowest BCUT2D eigenvalue weighted by molar-refractivity contribution is 0.0662. The Hall–Kier alpha value is -2.31. The quantitative estimate of drug-likeness (QED) is 0.820. The monoisotopic (exact) mass is 391 g/mol. The molecule has 1 aliphatic carbocycles. The van der Waals surface area contributed by atoms with E-state index in [4.69, 9.17) is 0 Å². The van der Waals surface area contributed by atoms with Crippen LogP contribution in [-0.2, 0) is 6.42 Å². The molecule has 2 N–H and O–H groups in total. The lowest BCUT2D eigenvalue weighted by Crippen LogP contribution is -2.46. The highest BCUT2D eigenvalue weighted by Gasteiger charge is 2.36. The van der Waals surface area contributed by atoms with E-state index in [1.54, 1.807) is 12.4 Å². The van der Waals surface area contributed by atoms with Crippen molar-refractivity contribution in [3.8, 4) is 0 Å². The third kappa shape index (κ3) is 4.19. The van der Waals surface area contributed by atoms with Crippen LogP contribution < -0.4 is 10.9 Å². The van der Waals surface area contributed by atoms with Gasteiger partial charge in [0.1, 0.15) is 5.82 Å². The van der Waals surface area contributed by atoms with Gasteiger partial charge in [-0.2, -0.15) is 0 Å². The number of nitrogens with one attached hydrogen (secondary N) is 2. The van der Waals surface area contributed by atoms with E-state index in [1.807, 2.05) is 4.90 Å². The number of rotatable bonds is 5. The van der Waals surface area contributed by atoms with Gasteiger partial charge in [0.25, 0.3) is 5.91 Å². The van der Waals surface area contributed by atoms with Crippen molar-refractivity contribution in [3.63, 3.8) is 0 Å². The van der Waals surface area contributed by atoms with Gasteiger partial charge in [-0.3, -0.25) is 15.6 Å². The number of piperidine rings is 1. The molecule has 6 nitrogen and oxygen atoms in total. The van der Waals surface area contributed by atoms with Crippen LogP contribution in [0.15, 0.2) is 42.7 Å². The van der Waals surface area contributed by atoms with Gasteiger partial charge >= 0.3 is 0 Å². The standard InChI is InChI=1S/C23H29N5O/c29-23(20-13-24-22(25-14-20)18-6-7-18)28-10-8-17(9-11-28)21-19(15-26-27-21)12-16-4-2-1-3-5-16/h1-5,13-14,17-19,21,26-27H,6-12,15H2. The maximum absolute atomic E-state index is 12.8. The SMILES string of the molecule is O=C(c1cnc(C2CC2)nc1)N1CCC(C2NNCC2Cc2ccccc2)CC1. The van der Waals surface area contributed by atoms with Crippen LogP contribution in [0.4, 0.5) is 0 Å². The first-order valence-electron chi connectivity index (χ1n) is 10.9. The third-order valence-corrected chi connectivity index (χ3v) is 6.68. The highest BCUT2D eigenvalue weighted by atomic mass is 16.2. The Balaban J connectivity index is 1.17. The number of benzene rings is 1. The second-order valence-electron chi connectivity index (χ2n) is 8.73. The van der Waals surface area contributed by atoms with Crippen molar-refractivity contribution in [2.24, 2.45) is 11.8 Å². The van der Waals surface area contributed by atoms with Gasteiger partial charge in [0.15, 0.2) is 0 Å². The van der Waals surface area contributed by atoms with E-state index < -0.39 is 0 Å². The predicted molar refractivity (Wildman–Crippen MR) is 111 cm³/mol. The van der Waals surface area contributed by atoms with E-state index in [9.17, 15) is 4.79 Å². The Morgan fingerprint density at radius 2 is 1.76 bits per heavy atom. The van der Waals surface area contributed by atoms with Gasteiger partial charge in [-0.15, -0.1) is 0 Å². The maximum Gasteiger partial charge on any atom is 0.256 e. The highest BCUT2D eigenvalue weighted by molar-refractivity contribution is 5.93. The number of aromatic nitrogens is 2. The fourth-order valence-corrected chi connectivity index (χ4v) is 4.82. The predicted octanol–water partition coefficient (Wildman–Crippen LogP) is 2.54. The topological polar surface area (TPSA) is 70.2 Å². The molecule has 3 heterocycles. The lowest BCUT2D eigenvalue weighted by atomic mass is 9.81. The molecule has 1 aromatic heterocycles. The first-order chi connectivity index (χ1) is 14.3. The molecule has 2 atom stereocenters. The minimum atomic E-state index is 0.0733. The first-order valence-corrected chi connectivity index (χ1v) is 10.9. The molecule has 2 aliphatic heterocycles. The summed E-state index contributed by atoms with van der Waals surface area (Å²) in [5.74, 6) is 2.67. The summed E-state index contributed by atoms with van der Waals surface area (Å²) in [6.07, 6.45) is 8.96. The van der Waals surface area contributed by atoms with E-state index in [0.29, 0.717) is 29.4 Å². The second-order valence-corrected chi connectivity index (χ2v) is 8.73. The molecule has 2 saturated heterocycles. The number of carbonyl (C=O) groups is 1. The van der Waals surface area contributed by atoms with Crippen molar-refractivity contribution in [3.05, 3.63) is 59.7 Å². The van der Waals surface area contributed by atoms with Crippen LogP contribution in [-0.4, -0.2) is 46.5 Å². The molecule has 6 heteroatoms. The number of nitrogens with zero attached hydrogens (tertiary/aromatic N) is 3. The molecule has 0 spiro atoms. The van der Waals surface area contributed by atoms with Gasteiger partial charge in [0, 0.05) is 44.0 Å². The normalized spacial score (nSPS) is 25.3.